The molecular weight excluding hydrogens is 170 g/mol. The minimum Gasteiger partial charge on any atom is -0.292 e. The van der Waals surface area contributed by atoms with Gasteiger partial charge in [-0.3, -0.25) is 4.90 Å². The monoisotopic (exact) mass is 193 g/mol. The second-order valence-corrected chi connectivity index (χ2v) is 7.22. The fourth-order valence-electron chi connectivity index (χ4n) is 4.78. The molecule has 0 amide bonds. The average Bonchev–Trinajstić information content (AvgIpc) is 2.31. The van der Waals surface area contributed by atoms with Gasteiger partial charge in [0.15, 0.2) is 0 Å². The topological polar surface area (TPSA) is 3.24 Å². The van der Waals surface area contributed by atoms with Crippen LogP contribution in [0.1, 0.15) is 53.4 Å². The summed E-state index contributed by atoms with van der Waals surface area (Å²) in [6.07, 6.45) is 5.83. The van der Waals surface area contributed by atoms with Gasteiger partial charge in [0.2, 0.25) is 0 Å². The van der Waals surface area contributed by atoms with Gasteiger partial charge in [-0.2, -0.15) is 0 Å². The summed E-state index contributed by atoms with van der Waals surface area (Å²) in [7, 11) is 0. The smallest absolute Gasteiger partial charge is 0.0164 e. The summed E-state index contributed by atoms with van der Waals surface area (Å²) in [5.41, 5.74) is 1.03. The molecule has 4 aliphatic rings. The summed E-state index contributed by atoms with van der Waals surface area (Å²) in [5.74, 6) is 1.05. The summed E-state index contributed by atoms with van der Waals surface area (Å²) < 4.78 is 0. The number of hydrogen-bond donors (Lipinski definition) is 0. The summed E-state index contributed by atoms with van der Waals surface area (Å²) >= 11 is 0. The Balaban J connectivity index is 1.94. The van der Waals surface area contributed by atoms with E-state index in [0.717, 1.165) is 18.0 Å². The fourth-order valence-corrected chi connectivity index (χ4v) is 4.78. The lowest BCUT2D eigenvalue weighted by Gasteiger charge is -2.51. The molecule has 0 radical (unpaired) electrons. The molecule has 1 unspecified atom stereocenters. The van der Waals surface area contributed by atoms with E-state index in [9.17, 15) is 0 Å². The summed E-state index contributed by atoms with van der Waals surface area (Å²) in [4.78, 5) is 2.86. The van der Waals surface area contributed by atoms with Crippen LogP contribution < -0.4 is 0 Å². The predicted octanol–water partition coefficient (Wildman–Crippen LogP) is 3.05. The molecule has 2 bridgehead atoms. The van der Waals surface area contributed by atoms with Gasteiger partial charge < -0.3 is 0 Å². The lowest BCUT2D eigenvalue weighted by Crippen LogP contribution is -2.55. The molecule has 0 N–H and O–H groups in total. The third-order valence-electron chi connectivity index (χ3n) is 4.82. The number of piperidine rings is 1. The molecule has 0 aromatic carbocycles. The molecule has 80 valence electrons. The van der Waals surface area contributed by atoms with Crippen LogP contribution in [0.25, 0.3) is 0 Å². The highest BCUT2D eigenvalue weighted by Crippen LogP contribution is 2.57. The quantitative estimate of drug-likeness (QED) is 0.571. The SMILES string of the molecule is CC1(C)CC2C3CC(C3)N2C(C)(C)C1. The van der Waals surface area contributed by atoms with Crippen molar-refractivity contribution in [3.05, 3.63) is 0 Å². The summed E-state index contributed by atoms with van der Waals surface area (Å²) in [5, 5.41) is 0. The normalized spacial score (nSPS) is 48.4. The van der Waals surface area contributed by atoms with Crippen molar-refractivity contribution >= 4 is 0 Å². The third kappa shape index (κ3) is 1.05. The molecule has 0 aromatic rings. The Bertz CT molecular complexity index is 260. The van der Waals surface area contributed by atoms with E-state index in [1.165, 1.54) is 25.7 Å². The van der Waals surface area contributed by atoms with E-state index >= 15 is 0 Å². The lowest BCUT2D eigenvalue weighted by atomic mass is 9.70. The molecular formula is C13H23N. The van der Waals surface area contributed by atoms with Crippen molar-refractivity contribution < 1.29 is 0 Å². The average molecular weight is 193 g/mol. The highest BCUT2D eigenvalue weighted by Gasteiger charge is 2.59. The highest BCUT2D eigenvalue weighted by molar-refractivity contribution is 5.13. The molecule has 14 heavy (non-hydrogen) atoms. The predicted molar refractivity (Wildman–Crippen MR) is 59.2 cm³/mol. The first kappa shape index (κ1) is 9.21. The Morgan fingerprint density at radius 2 is 1.71 bits per heavy atom. The molecule has 4 fully saturated rings. The Morgan fingerprint density at radius 3 is 2.36 bits per heavy atom. The van der Waals surface area contributed by atoms with Crippen LogP contribution in [0.5, 0.6) is 0 Å². The highest BCUT2D eigenvalue weighted by atomic mass is 15.3. The van der Waals surface area contributed by atoms with E-state index in [0.29, 0.717) is 11.0 Å². The van der Waals surface area contributed by atoms with Crippen molar-refractivity contribution in [3.63, 3.8) is 0 Å². The molecule has 4 rings (SSSR count). The molecule has 3 aliphatic heterocycles. The standard InChI is InChI=1S/C13H23N/c1-12(2)7-11-9-5-10(6-9)14(11)13(3,4)8-12/h9-11H,5-8H2,1-4H3. The zero-order valence-electron chi connectivity index (χ0n) is 10.0. The van der Waals surface area contributed by atoms with Crippen LogP contribution in [0.4, 0.5) is 0 Å². The molecule has 3 heterocycles. The van der Waals surface area contributed by atoms with Crippen molar-refractivity contribution in [2.24, 2.45) is 11.3 Å². The van der Waals surface area contributed by atoms with Crippen LogP contribution in [-0.2, 0) is 0 Å². The van der Waals surface area contributed by atoms with Gasteiger partial charge in [-0.05, 0) is 50.9 Å². The van der Waals surface area contributed by atoms with Crippen LogP contribution in [0.15, 0.2) is 0 Å². The second-order valence-electron chi connectivity index (χ2n) is 7.22. The molecule has 0 spiro atoms. The van der Waals surface area contributed by atoms with Crippen molar-refractivity contribution in [2.45, 2.75) is 71.0 Å². The van der Waals surface area contributed by atoms with Crippen molar-refractivity contribution in [3.8, 4) is 0 Å². The largest absolute Gasteiger partial charge is 0.292 e. The lowest BCUT2D eigenvalue weighted by molar-refractivity contribution is -0.0148. The molecule has 1 heteroatoms. The van der Waals surface area contributed by atoms with Gasteiger partial charge in [-0.15, -0.1) is 0 Å². The molecule has 3 saturated heterocycles. The maximum Gasteiger partial charge on any atom is 0.0164 e. The molecule has 0 aromatic heterocycles. The van der Waals surface area contributed by atoms with Crippen LogP contribution in [0, 0.1) is 11.3 Å². The Morgan fingerprint density at radius 1 is 1.07 bits per heavy atom. The van der Waals surface area contributed by atoms with Gasteiger partial charge in [0, 0.05) is 17.6 Å². The molecule has 1 aliphatic carbocycles. The second kappa shape index (κ2) is 2.37. The maximum absolute atomic E-state index is 2.86. The van der Waals surface area contributed by atoms with E-state index in [-0.39, 0.29) is 0 Å². The van der Waals surface area contributed by atoms with Crippen LogP contribution in [0.3, 0.4) is 0 Å². The maximum atomic E-state index is 2.86. The van der Waals surface area contributed by atoms with Gasteiger partial charge in [0.1, 0.15) is 0 Å². The summed E-state index contributed by atoms with van der Waals surface area (Å²) in [6.45, 7) is 9.84. The number of rotatable bonds is 0. The minimum atomic E-state index is 0.461. The first-order chi connectivity index (χ1) is 6.39. The molecule has 1 saturated carbocycles. The van der Waals surface area contributed by atoms with Crippen molar-refractivity contribution in [1.82, 2.24) is 4.90 Å². The van der Waals surface area contributed by atoms with Gasteiger partial charge in [-0.1, -0.05) is 13.8 Å². The first-order valence-electron chi connectivity index (χ1n) is 6.18. The number of hydrogen-bond acceptors (Lipinski definition) is 1. The van der Waals surface area contributed by atoms with Gasteiger partial charge >= 0.3 is 0 Å². The van der Waals surface area contributed by atoms with E-state index in [4.69, 9.17) is 0 Å². The first-order valence-corrected chi connectivity index (χ1v) is 6.18. The third-order valence-corrected chi connectivity index (χ3v) is 4.82. The number of nitrogens with zero attached hydrogens (tertiary/aromatic N) is 1. The Hall–Kier alpha value is -0.0400. The molecule has 1 nitrogen and oxygen atoms in total. The van der Waals surface area contributed by atoms with Crippen LogP contribution in [-0.4, -0.2) is 22.5 Å². The van der Waals surface area contributed by atoms with Gasteiger partial charge in [-0.25, -0.2) is 0 Å². The molecule has 1 atom stereocenters. The zero-order chi connectivity index (χ0) is 10.1. The van der Waals surface area contributed by atoms with E-state index < -0.39 is 0 Å². The van der Waals surface area contributed by atoms with Crippen molar-refractivity contribution in [2.75, 3.05) is 0 Å². The van der Waals surface area contributed by atoms with Gasteiger partial charge in [0.25, 0.3) is 0 Å². The van der Waals surface area contributed by atoms with Crippen LogP contribution >= 0.6 is 0 Å². The van der Waals surface area contributed by atoms with Crippen molar-refractivity contribution in [1.29, 1.82) is 0 Å². The zero-order valence-corrected chi connectivity index (χ0v) is 10.0. The van der Waals surface area contributed by atoms with E-state index in [1.54, 1.807) is 0 Å². The summed E-state index contributed by atoms with van der Waals surface area (Å²) in [6, 6.07) is 1.88. The van der Waals surface area contributed by atoms with E-state index in [2.05, 4.69) is 32.6 Å². The van der Waals surface area contributed by atoms with E-state index in [1.807, 2.05) is 0 Å². The minimum absolute atomic E-state index is 0.461. The van der Waals surface area contributed by atoms with Gasteiger partial charge in [0.05, 0.1) is 0 Å². The Labute approximate surface area is 87.9 Å². The fraction of sp³-hybridized carbons (Fsp3) is 1.00. The van der Waals surface area contributed by atoms with Crippen LogP contribution in [0.2, 0.25) is 0 Å². The Kier molecular flexibility index (Phi) is 1.56.